The van der Waals surface area contributed by atoms with E-state index in [-0.39, 0.29) is 0 Å². The zero-order chi connectivity index (χ0) is 17.9. The van der Waals surface area contributed by atoms with Crippen LogP contribution in [0.2, 0.25) is 0 Å². The third kappa shape index (κ3) is 7.04. The van der Waals surface area contributed by atoms with E-state index in [9.17, 15) is 0 Å². The molecule has 1 fully saturated rings. The first-order valence-corrected chi connectivity index (χ1v) is 9.39. The van der Waals surface area contributed by atoms with Crippen molar-refractivity contribution in [2.75, 3.05) is 46.9 Å². The predicted octanol–water partition coefficient (Wildman–Crippen LogP) is 1.25. The van der Waals surface area contributed by atoms with Crippen molar-refractivity contribution in [2.45, 2.75) is 45.2 Å². The zero-order valence-electron chi connectivity index (χ0n) is 16.0. The Hall–Kier alpha value is -1.60. The van der Waals surface area contributed by atoms with Gasteiger partial charge in [-0.25, -0.2) is 4.98 Å². The molecule has 2 heterocycles. The summed E-state index contributed by atoms with van der Waals surface area (Å²) >= 11 is 0. The van der Waals surface area contributed by atoms with E-state index in [4.69, 9.17) is 4.74 Å². The van der Waals surface area contributed by atoms with Gasteiger partial charge in [-0.15, -0.1) is 0 Å². The van der Waals surface area contributed by atoms with Crippen molar-refractivity contribution in [3.63, 3.8) is 0 Å². The fourth-order valence-electron chi connectivity index (χ4n) is 3.16. The van der Waals surface area contributed by atoms with E-state index in [0.717, 1.165) is 76.8 Å². The van der Waals surface area contributed by atoms with Crippen molar-refractivity contribution in [1.82, 2.24) is 25.1 Å². The lowest BCUT2D eigenvalue weighted by Crippen LogP contribution is -2.49. The molecule has 0 amide bonds. The standard InChI is InChI=1S/C18H34N6O/c1-16-20-9-13-24(16)10-5-4-8-21-18(19-2)22-17-6-11-23(12-7-17)14-15-25-3/h9,13,17H,4-8,10-12,14-15H2,1-3H3,(H2,19,21,22). The molecule has 1 aliphatic rings. The van der Waals surface area contributed by atoms with Crippen molar-refractivity contribution in [3.8, 4) is 0 Å². The number of likely N-dealkylation sites (tertiary alicyclic amines) is 1. The molecule has 1 saturated heterocycles. The summed E-state index contributed by atoms with van der Waals surface area (Å²) in [5.74, 6) is 2.01. The monoisotopic (exact) mass is 350 g/mol. The van der Waals surface area contributed by atoms with E-state index < -0.39 is 0 Å². The van der Waals surface area contributed by atoms with Crippen molar-refractivity contribution in [2.24, 2.45) is 4.99 Å². The van der Waals surface area contributed by atoms with Gasteiger partial charge in [-0.2, -0.15) is 0 Å². The van der Waals surface area contributed by atoms with Gasteiger partial charge in [0.05, 0.1) is 6.61 Å². The molecule has 25 heavy (non-hydrogen) atoms. The number of rotatable bonds is 9. The highest BCUT2D eigenvalue weighted by Gasteiger charge is 2.19. The van der Waals surface area contributed by atoms with E-state index in [1.165, 1.54) is 0 Å². The number of guanidine groups is 1. The van der Waals surface area contributed by atoms with Crippen LogP contribution in [0.1, 0.15) is 31.5 Å². The van der Waals surface area contributed by atoms with Crippen LogP contribution in [-0.2, 0) is 11.3 Å². The summed E-state index contributed by atoms with van der Waals surface area (Å²) in [7, 11) is 3.61. The Bertz CT molecular complexity index is 507. The fraction of sp³-hybridized carbons (Fsp3) is 0.778. The number of aromatic nitrogens is 2. The third-order valence-corrected chi connectivity index (χ3v) is 4.81. The molecule has 2 N–H and O–H groups in total. The van der Waals surface area contributed by atoms with Gasteiger partial charge in [0.2, 0.25) is 0 Å². The summed E-state index contributed by atoms with van der Waals surface area (Å²) in [4.78, 5) is 11.1. The van der Waals surface area contributed by atoms with E-state index in [2.05, 4.69) is 30.1 Å². The molecule has 1 aromatic heterocycles. The van der Waals surface area contributed by atoms with E-state index in [0.29, 0.717) is 6.04 Å². The molecule has 0 aromatic carbocycles. The number of ether oxygens (including phenoxy) is 1. The molecule has 0 aliphatic carbocycles. The summed E-state index contributed by atoms with van der Waals surface area (Å²) in [6.07, 6.45) is 8.48. The minimum atomic E-state index is 0.513. The number of aryl methyl sites for hydroxylation is 2. The summed E-state index contributed by atoms with van der Waals surface area (Å²) in [5, 5.41) is 7.00. The quantitative estimate of drug-likeness (QED) is 0.399. The average Bonchev–Trinajstić information content (AvgIpc) is 3.04. The lowest BCUT2D eigenvalue weighted by atomic mass is 10.1. The predicted molar refractivity (Wildman–Crippen MR) is 102 cm³/mol. The van der Waals surface area contributed by atoms with Crippen LogP contribution in [-0.4, -0.2) is 73.4 Å². The topological polar surface area (TPSA) is 66.7 Å². The summed E-state index contributed by atoms with van der Waals surface area (Å²) in [6.45, 7) is 8.13. The normalized spacial score (nSPS) is 17.0. The van der Waals surface area contributed by atoms with Gasteiger partial charge in [-0.05, 0) is 32.6 Å². The van der Waals surface area contributed by atoms with Gasteiger partial charge < -0.3 is 24.8 Å². The number of nitrogens with zero attached hydrogens (tertiary/aromatic N) is 4. The van der Waals surface area contributed by atoms with Crippen LogP contribution in [0.5, 0.6) is 0 Å². The summed E-state index contributed by atoms with van der Waals surface area (Å²) in [6, 6.07) is 0.513. The first-order valence-electron chi connectivity index (χ1n) is 9.39. The summed E-state index contributed by atoms with van der Waals surface area (Å²) < 4.78 is 7.36. The molecule has 0 radical (unpaired) electrons. The molecular weight excluding hydrogens is 316 g/mol. The smallest absolute Gasteiger partial charge is 0.191 e. The Balaban J connectivity index is 1.57. The maximum Gasteiger partial charge on any atom is 0.191 e. The maximum absolute atomic E-state index is 5.16. The molecular formula is C18H34N6O. The van der Waals surface area contributed by atoms with Crippen LogP contribution < -0.4 is 10.6 Å². The molecule has 7 heteroatoms. The molecule has 1 aliphatic heterocycles. The first-order chi connectivity index (χ1) is 12.2. The summed E-state index contributed by atoms with van der Waals surface area (Å²) in [5.41, 5.74) is 0. The van der Waals surface area contributed by atoms with Gasteiger partial charge in [0.25, 0.3) is 0 Å². The number of hydrogen-bond donors (Lipinski definition) is 2. The molecule has 2 rings (SSSR count). The van der Waals surface area contributed by atoms with E-state index >= 15 is 0 Å². The minimum Gasteiger partial charge on any atom is -0.383 e. The molecule has 0 spiro atoms. The largest absolute Gasteiger partial charge is 0.383 e. The second-order valence-electron chi connectivity index (χ2n) is 6.63. The molecule has 7 nitrogen and oxygen atoms in total. The second kappa shape index (κ2) is 11.1. The number of nitrogens with one attached hydrogen (secondary N) is 2. The highest BCUT2D eigenvalue weighted by molar-refractivity contribution is 5.79. The van der Waals surface area contributed by atoms with Crippen molar-refractivity contribution >= 4 is 5.96 Å². The molecule has 0 bridgehead atoms. The number of piperidine rings is 1. The first kappa shape index (κ1) is 19.7. The van der Waals surface area contributed by atoms with Crippen LogP contribution in [0.3, 0.4) is 0 Å². The maximum atomic E-state index is 5.16. The molecule has 0 atom stereocenters. The Morgan fingerprint density at radius 3 is 2.76 bits per heavy atom. The number of imidazole rings is 1. The molecule has 0 saturated carbocycles. The van der Waals surface area contributed by atoms with Gasteiger partial charge in [-0.3, -0.25) is 4.99 Å². The SMILES string of the molecule is CN=C(NCCCCn1ccnc1C)NC1CCN(CCOC)CC1. The lowest BCUT2D eigenvalue weighted by molar-refractivity contribution is 0.128. The van der Waals surface area contributed by atoms with Gasteiger partial charge in [-0.1, -0.05) is 0 Å². The highest BCUT2D eigenvalue weighted by Crippen LogP contribution is 2.09. The number of unbranched alkanes of at least 4 members (excludes halogenated alkanes) is 1. The number of methoxy groups -OCH3 is 1. The van der Waals surface area contributed by atoms with Crippen molar-refractivity contribution in [3.05, 3.63) is 18.2 Å². The van der Waals surface area contributed by atoms with Crippen LogP contribution >= 0.6 is 0 Å². The number of aliphatic imine (C=N–C) groups is 1. The van der Waals surface area contributed by atoms with Crippen LogP contribution in [0.25, 0.3) is 0 Å². The van der Waals surface area contributed by atoms with Gasteiger partial charge >= 0.3 is 0 Å². The van der Waals surface area contributed by atoms with Gasteiger partial charge in [0.1, 0.15) is 5.82 Å². The minimum absolute atomic E-state index is 0.513. The second-order valence-corrected chi connectivity index (χ2v) is 6.63. The number of hydrogen-bond acceptors (Lipinski definition) is 4. The molecule has 142 valence electrons. The third-order valence-electron chi connectivity index (χ3n) is 4.81. The van der Waals surface area contributed by atoms with E-state index in [1.807, 2.05) is 26.4 Å². The van der Waals surface area contributed by atoms with Crippen molar-refractivity contribution < 1.29 is 4.74 Å². The highest BCUT2D eigenvalue weighted by atomic mass is 16.5. The average molecular weight is 351 g/mol. The van der Waals surface area contributed by atoms with Gasteiger partial charge in [0, 0.05) is 65.3 Å². The Morgan fingerprint density at radius 1 is 1.32 bits per heavy atom. The Labute approximate surface area is 151 Å². The Kier molecular flexibility index (Phi) is 8.76. The lowest BCUT2D eigenvalue weighted by Gasteiger charge is -2.32. The van der Waals surface area contributed by atoms with Gasteiger partial charge in [0.15, 0.2) is 5.96 Å². The van der Waals surface area contributed by atoms with Crippen molar-refractivity contribution in [1.29, 1.82) is 0 Å². The zero-order valence-corrected chi connectivity index (χ0v) is 16.0. The Morgan fingerprint density at radius 2 is 2.12 bits per heavy atom. The van der Waals surface area contributed by atoms with Crippen LogP contribution in [0.4, 0.5) is 0 Å². The molecule has 1 aromatic rings. The fourth-order valence-corrected chi connectivity index (χ4v) is 3.16. The van der Waals surface area contributed by atoms with Crippen LogP contribution in [0.15, 0.2) is 17.4 Å². The van der Waals surface area contributed by atoms with Crippen LogP contribution in [0, 0.1) is 6.92 Å². The molecule has 0 unspecified atom stereocenters. The van der Waals surface area contributed by atoms with E-state index in [1.54, 1.807) is 7.11 Å².